The van der Waals surface area contributed by atoms with E-state index >= 15 is 0 Å². The monoisotopic (exact) mass is 359 g/mol. The highest BCUT2D eigenvalue weighted by molar-refractivity contribution is 5.15. The van der Waals surface area contributed by atoms with Crippen LogP contribution >= 0.6 is 0 Å². The van der Waals surface area contributed by atoms with Gasteiger partial charge in [0.15, 0.2) is 5.69 Å². The third kappa shape index (κ3) is 5.30. The molecular weight excluding hydrogens is 331 g/mol. The Hall–Kier alpha value is -1.37. The molecule has 1 aromatic rings. The highest BCUT2D eigenvalue weighted by Gasteiger charge is 2.43. The smallest absolute Gasteiger partial charge is 0.433 e. The molecule has 142 valence electrons. The zero-order valence-electron chi connectivity index (χ0n) is 15.3. The number of methoxy groups -OCH3 is 1. The van der Waals surface area contributed by atoms with Gasteiger partial charge < -0.3 is 4.74 Å². The SMILES string of the molecule is CC(C)CCC12CCCN1CCC2.COc1cc(C(F)(F)F)ncn1. The summed E-state index contributed by atoms with van der Waals surface area (Å²) in [5.41, 5.74) is -0.334. The van der Waals surface area contributed by atoms with E-state index in [1.165, 1.54) is 58.7 Å². The second-order valence-corrected chi connectivity index (χ2v) is 7.29. The van der Waals surface area contributed by atoms with Crippen molar-refractivity contribution in [3.8, 4) is 5.88 Å². The van der Waals surface area contributed by atoms with Crippen molar-refractivity contribution >= 4 is 0 Å². The molecule has 0 aliphatic carbocycles. The van der Waals surface area contributed by atoms with E-state index in [1.807, 2.05) is 0 Å². The molecule has 3 rings (SSSR count). The maximum absolute atomic E-state index is 12.0. The zero-order chi connectivity index (χ0) is 18.5. The van der Waals surface area contributed by atoms with Crippen LogP contribution in [0.3, 0.4) is 0 Å². The second kappa shape index (κ2) is 8.34. The van der Waals surface area contributed by atoms with E-state index in [0.717, 1.165) is 18.3 Å². The maximum Gasteiger partial charge on any atom is 0.433 e. The van der Waals surface area contributed by atoms with Crippen LogP contribution in [-0.4, -0.2) is 40.6 Å². The van der Waals surface area contributed by atoms with Gasteiger partial charge in [-0.25, -0.2) is 9.97 Å². The van der Waals surface area contributed by atoms with Gasteiger partial charge >= 0.3 is 6.18 Å². The van der Waals surface area contributed by atoms with Gasteiger partial charge in [0.25, 0.3) is 0 Å². The molecular formula is C18H28F3N3O. The maximum atomic E-state index is 12.0. The molecule has 7 heteroatoms. The molecule has 2 aliphatic rings. The van der Waals surface area contributed by atoms with Crippen LogP contribution < -0.4 is 4.74 Å². The van der Waals surface area contributed by atoms with Gasteiger partial charge in [-0.1, -0.05) is 13.8 Å². The summed E-state index contributed by atoms with van der Waals surface area (Å²) < 4.78 is 40.4. The van der Waals surface area contributed by atoms with E-state index in [1.54, 1.807) is 0 Å². The predicted molar refractivity (Wildman–Crippen MR) is 90.4 cm³/mol. The first kappa shape index (κ1) is 19.9. The van der Waals surface area contributed by atoms with Crippen LogP contribution in [0.2, 0.25) is 0 Å². The van der Waals surface area contributed by atoms with Crippen molar-refractivity contribution in [3.05, 3.63) is 18.1 Å². The predicted octanol–water partition coefficient (Wildman–Crippen LogP) is 4.56. The van der Waals surface area contributed by atoms with Crippen LogP contribution in [-0.2, 0) is 6.18 Å². The number of rotatable bonds is 4. The molecule has 0 unspecified atom stereocenters. The molecule has 2 aliphatic heterocycles. The fourth-order valence-electron chi connectivity index (χ4n) is 3.80. The van der Waals surface area contributed by atoms with Gasteiger partial charge in [0.2, 0.25) is 5.88 Å². The third-order valence-corrected chi connectivity index (χ3v) is 5.14. The Kier molecular flexibility index (Phi) is 6.65. The highest BCUT2D eigenvalue weighted by Crippen LogP contribution is 2.42. The van der Waals surface area contributed by atoms with Crippen LogP contribution in [0.1, 0.15) is 58.1 Å². The summed E-state index contributed by atoms with van der Waals surface area (Å²) >= 11 is 0. The molecule has 1 aromatic heterocycles. The van der Waals surface area contributed by atoms with E-state index in [0.29, 0.717) is 5.54 Å². The standard InChI is InChI=1S/C12H23N.C6H5F3N2O/c1-11(2)5-8-12-6-3-9-13(12)10-4-7-12;1-12-5-2-4(6(7,8)9)10-3-11-5/h11H,3-10H2,1-2H3;2-3H,1H3. The van der Waals surface area contributed by atoms with E-state index in [9.17, 15) is 13.2 Å². The molecule has 0 bridgehead atoms. The first-order valence-electron chi connectivity index (χ1n) is 8.95. The van der Waals surface area contributed by atoms with Crippen molar-refractivity contribution < 1.29 is 17.9 Å². The molecule has 0 atom stereocenters. The number of hydrogen-bond acceptors (Lipinski definition) is 4. The Morgan fingerprint density at radius 3 is 2.36 bits per heavy atom. The van der Waals surface area contributed by atoms with Crippen LogP contribution in [0.25, 0.3) is 0 Å². The van der Waals surface area contributed by atoms with Gasteiger partial charge in [-0.3, -0.25) is 4.90 Å². The summed E-state index contributed by atoms with van der Waals surface area (Å²) in [6.45, 7) is 7.48. The van der Waals surface area contributed by atoms with Crippen molar-refractivity contribution in [3.63, 3.8) is 0 Å². The first-order valence-corrected chi connectivity index (χ1v) is 8.95. The molecule has 25 heavy (non-hydrogen) atoms. The molecule has 2 fully saturated rings. The topological polar surface area (TPSA) is 38.2 Å². The van der Waals surface area contributed by atoms with Crippen LogP contribution in [0.15, 0.2) is 12.4 Å². The summed E-state index contributed by atoms with van der Waals surface area (Å²) in [6, 6.07) is 0.736. The number of halogens is 3. The van der Waals surface area contributed by atoms with Crippen LogP contribution in [0.4, 0.5) is 13.2 Å². The third-order valence-electron chi connectivity index (χ3n) is 5.14. The minimum Gasteiger partial charge on any atom is -0.481 e. The second-order valence-electron chi connectivity index (χ2n) is 7.29. The van der Waals surface area contributed by atoms with E-state index in [-0.39, 0.29) is 5.88 Å². The van der Waals surface area contributed by atoms with Crippen LogP contribution in [0, 0.1) is 5.92 Å². The van der Waals surface area contributed by atoms with Crippen molar-refractivity contribution in [2.45, 2.75) is 64.1 Å². The normalized spacial score (nSPS) is 19.5. The lowest BCUT2D eigenvalue weighted by atomic mass is 9.86. The van der Waals surface area contributed by atoms with Gasteiger partial charge in [-0.2, -0.15) is 13.2 Å². The molecule has 0 saturated carbocycles. The summed E-state index contributed by atoms with van der Waals surface area (Å²) in [7, 11) is 1.24. The van der Waals surface area contributed by atoms with Crippen molar-refractivity contribution in [2.75, 3.05) is 20.2 Å². The number of ether oxygens (including phenoxy) is 1. The molecule has 2 saturated heterocycles. The molecule has 0 amide bonds. The minimum absolute atomic E-state index is 0.0997. The summed E-state index contributed by atoms with van der Waals surface area (Å²) in [4.78, 5) is 9.25. The number of aromatic nitrogens is 2. The van der Waals surface area contributed by atoms with Gasteiger partial charge in [-0.15, -0.1) is 0 Å². The molecule has 0 N–H and O–H groups in total. The largest absolute Gasteiger partial charge is 0.481 e. The van der Waals surface area contributed by atoms with Gasteiger partial charge in [0, 0.05) is 11.6 Å². The zero-order valence-corrected chi connectivity index (χ0v) is 15.3. The Labute approximate surface area is 147 Å². The first-order chi connectivity index (χ1) is 11.8. The summed E-state index contributed by atoms with van der Waals surface area (Å²) in [5, 5.41) is 0. The quantitative estimate of drug-likeness (QED) is 0.790. The minimum atomic E-state index is -4.45. The van der Waals surface area contributed by atoms with Crippen LogP contribution in [0.5, 0.6) is 5.88 Å². The lowest BCUT2D eigenvalue weighted by Gasteiger charge is -2.32. The summed E-state index contributed by atoms with van der Waals surface area (Å²) in [6.07, 6.45) is 5.13. The number of alkyl halides is 3. The number of hydrogen-bond donors (Lipinski definition) is 0. The van der Waals surface area contributed by atoms with E-state index in [4.69, 9.17) is 0 Å². The fourth-order valence-corrected chi connectivity index (χ4v) is 3.80. The number of nitrogens with zero attached hydrogens (tertiary/aromatic N) is 3. The lowest BCUT2D eigenvalue weighted by Crippen LogP contribution is -2.38. The Morgan fingerprint density at radius 2 is 1.84 bits per heavy atom. The van der Waals surface area contributed by atoms with E-state index in [2.05, 4.69) is 33.5 Å². The van der Waals surface area contributed by atoms with Crippen molar-refractivity contribution in [1.29, 1.82) is 0 Å². The summed E-state index contributed by atoms with van der Waals surface area (Å²) in [5.74, 6) is 0.787. The molecule has 4 nitrogen and oxygen atoms in total. The highest BCUT2D eigenvalue weighted by atomic mass is 19.4. The molecule has 0 spiro atoms. The Balaban J connectivity index is 0.000000181. The van der Waals surface area contributed by atoms with E-state index < -0.39 is 11.9 Å². The Bertz CT molecular complexity index is 539. The molecule has 3 heterocycles. The van der Waals surface area contributed by atoms with Gasteiger partial charge in [0.1, 0.15) is 6.33 Å². The average Bonchev–Trinajstić information content (AvgIpc) is 3.13. The molecule has 0 aromatic carbocycles. The molecule has 0 radical (unpaired) electrons. The van der Waals surface area contributed by atoms with Gasteiger partial charge in [-0.05, 0) is 57.5 Å². The average molecular weight is 359 g/mol. The Morgan fingerprint density at radius 1 is 1.20 bits per heavy atom. The van der Waals surface area contributed by atoms with Gasteiger partial charge in [0.05, 0.1) is 7.11 Å². The fraction of sp³-hybridized carbons (Fsp3) is 0.778. The van der Waals surface area contributed by atoms with Crippen molar-refractivity contribution in [1.82, 2.24) is 14.9 Å². The lowest BCUT2D eigenvalue weighted by molar-refractivity contribution is -0.141. The van der Waals surface area contributed by atoms with Crippen molar-refractivity contribution in [2.24, 2.45) is 5.92 Å². The number of fused-ring (bicyclic) bond motifs is 1.